The highest BCUT2D eigenvalue weighted by molar-refractivity contribution is 5.73. The fraction of sp³-hybridized carbons (Fsp3) is 0.192. The molecule has 0 aliphatic rings. The first-order valence-electron chi connectivity index (χ1n) is 10.5. The molecule has 1 N–H and O–H groups in total. The van der Waals surface area contributed by atoms with Crippen molar-refractivity contribution in [2.75, 3.05) is 13.6 Å². The predicted octanol–water partition coefficient (Wildman–Crippen LogP) is 5.34. The van der Waals surface area contributed by atoms with Crippen LogP contribution in [0.4, 0.5) is 4.39 Å². The van der Waals surface area contributed by atoms with Crippen LogP contribution in [0, 0.1) is 19.7 Å². The van der Waals surface area contributed by atoms with Gasteiger partial charge in [0.25, 0.3) is 5.89 Å². The highest BCUT2D eigenvalue weighted by atomic mass is 19.1. The van der Waals surface area contributed by atoms with Crippen LogP contribution in [0.2, 0.25) is 0 Å². The molecule has 1 aromatic heterocycles. The van der Waals surface area contributed by atoms with E-state index in [-0.39, 0.29) is 18.9 Å². The molecule has 0 aliphatic heterocycles. The molecule has 0 amide bonds. The molecule has 4 rings (SSSR count). The van der Waals surface area contributed by atoms with Crippen LogP contribution in [-0.2, 0) is 11.3 Å². The van der Waals surface area contributed by atoms with E-state index in [4.69, 9.17) is 9.63 Å². The van der Waals surface area contributed by atoms with E-state index in [0.29, 0.717) is 17.0 Å². The summed E-state index contributed by atoms with van der Waals surface area (Å²) in [6.45, 7) is 4.14. The van der Waals surface area contributed by atoms with Crippen molar-refractivity contribution >= 4 is 5.97 Å². The number of aliphatic carboxylic acids is 1. The number of aromatic nitrogens is 2. The summed E-state index contributed by atoms with van der Waals surface area (Å²) in [5.41, 5.74) is 6.28. The lowest BCUT2D eigenvalue weighted by Gasteiger charge is -2.14. The number of hydrogen-bond donors (Lipinski definition) is 1. The van der Waals surface area contributed by atoms with Gasteiger partial charge in [0.05, 0.1) is 6.54 Å². The summed E-state index contributed by atoms with van der Waals surface area (Å²) in [5, 5.41) is 12.9. The maximum absolute atomic E-state index is 14.6. The molecular formula is C26H24FN3O3. The number of benzene rings is 3. The number of hydrogen-bond acceptors (Lipinski definition) is 5. The number of likely N-dealkylation sites (N-methyl/N-ethyl adjacent to an activating group) is 1. The third kappa shape index (κ3) is 4.99. The predicted molar refractivity (Wildman–Crippen MR) is 124 cm³/mol. The maximum atomic E-state index is 14.6. The molecular weight excluding hydrogens is 421 g/mol. The SMILES string of the molecule is Cc1ccccc1-c1ccc(-c2nc(-c3ccc(CN(C)CC(=O)O)c(F)c3)no2)cc1C. The first kappa shape index (κ1) is 22.4. The second-order valence-electron chi connectivity index (χ2n) is 8.14. The zero-order chi connectivity index (χ0) is 23.5. The Morgan fingerprint density at radius 1 is 1.00 bits per heavy atom. The Kier molecular flexibility index (Phi) is 6.33. The Labute approximate surface area is 191 Å². The minimum Gasteiger partial charge on any atom is -0.480 e. The first-order valence-corrected chi connectivity index (χ1v) is 10.5. The van der Waals surface area contributed by atoms with Crippen LogP contribution in [0.3, 0.4) is 0 Å². The number of rotatable bonds is 7. The van der Waals surface area contributed by atoms with Gasteiger partial charge in [-0.15, -0.1) is 0 Å². The van der Waals surface area contributed by atoms with Gasteiger partial charge in [0.2, 0.25) is 5.82 Å². The van der Waals surface area contributed by atoms with Crippen LogP contribution >= 0.6 is 0 Å². The molecule has 0 saturated heterocycles. The summed E-state index contributed by atoms with van der Waals surface area (Å²) in [5.74, 6) is -0.768. The molecule has 0 spiro atoms. The summed E-state index contributed by atoms with van der Waals surface area (Å²) < 4.78 is 20.0. The van der Waals surface area contributed by atoms with Crippen LogP contribution in [0.15, 0.2) is 65.2 Å². The van der Waals surface area contributed by atoms with Gasteiger partial charge in [-0.1, -0.05) is 47.6 Å². The lowest BCUT2D eigenvalue weighted by Crippen LogP contribution is -2.25. The summed E-state index contributed by atoms with van der Waals surface area (Å²) in [4.78, 5) is 16.8. The van der Waals surface area contributed by atoms with E-state index in [9.17, 15) is 9.18 Å². The standard InChI is InChI=1S/C26H24FN3O3/c1-16-6-4-5-7-21(16)22-11-10-19(12-17(22)2)26-28-25(29-33-26)18-8-9-20(23(27)13-18)14-30(3)15-24(31)32/h4-13H,14-15H2,1-3H3,(H,31,32). The lowest BCUT2D eigenvalue weighted by molar-refractivity contribution is -0.138. The quantitative estimate of drug-likeness (QED) is 0.414. The van der Waals surface area contributed by atoms with Gasteiger partial charge in [0, 0.05) is 23.2 Å². The van der Waals surface area contributed by atoms with E-state index in [0.717, 1.165) is 16.7 Å². The Balaban J connectivity index is 1.56. The molecule has 7 heteroatoms. The van der Waals surface area contributed by atoms with Crippen molar-refractivity contribution in [2.24, 2.45) is 0 Å². The summed E-state index contributed by atoms with van der Waals surface area (Å²) >= 11 is 0. The van der Waals surface area contributed by atoms with Crippen molar-refractivity contribution in [2.45, 2.75) is 20.4 Å². The van der Waals surface area contributed by atoms with Gasteiger partial charge in [-0.05, 0) is 61.3 Å². The minimum atomic E-state index is -0.962. The van der Waals surface area contributed by atoms with Gasteiger partial charge >= 0.3 is 5.97 Å². The summed E-state index contributed by atoms with van der Waals surface area (Å²) in [6.07, 6.45) is 0. The highest BCUT2D eigenvalue weighted by Crippen LogP contribution is 2.31. The van der Waals surface area contributed by atoms with Crippen molar-refractivity contribution in [3.05, 3.63) is 83.2 Å². The Hall–Kier alpha value is -3.84. The number of carbonyl (C=O) groups is 1. The second-order valence-corrected chi connectivity index (χ2v) is 8.14. The van der Waals surface area contributed by atoms with Crippen LogP contribution in [0.5, 0.6) is 0 Å². The lowest BCUT2D eigenvalue weighted by atomic mass is 9.95. The van der Waals surface area contributed by atoms with Crippen LogP contribution in [0.1, 0.15) is 16.7 Å². The van der Waals surface area contributed by atoms with Gasteiger partial charge in [-0.25, -0.2) is 4.39 Å². The number of carboxylic acids is 1. The zero-order valence-electron chi connectivity index (χ0n) is 18.7. The largest absolute Gasteiger partial charge is 0.480 e. The number of nitrogens with zero attached hydrogens (tertiary/aromatic N) is 3. The molecule has 4 aromatic rings. The van der Waals surface area contributed by atoms with Gasteiger partial charge in [-0.2, -0.15) is 4.98 Å². The van der Waals surface area contributed by atoms with Crippen LogP contribution < -0.4 is 0 Å². The van der Waals surface area contributed by atoms with Crippen molar-refractivity contribution in [1.82, 2.24) is 15.0 Å². The molecule has 0 bridgehead atoms. The third-order valence-electron chi connectivity index (χ3n) is 5.49. The number of carboxylic acid groups (broad SMARTS) is 1. The Morgan fingerprint density at radius 3 is 2.42 bits per heavy atom. The van der Waals surface area contributed by atoms with E-state index in [1.165, 1.54) is 22.1 Å². The van der Waals surface area contributed by atoms with E-state index in [2.05, 4.69) is 29.2 Å². The molecule has 0 radical (unpaired) electrons. The molecule has 6 nitrogen and oxygen atoms in total. The van der Waals surface area contributed by atoms with Crippen molar-refractivity contribution in [1.29, 1.82) is 0 Å². The van der Waals surface area contributed by atoms with E-state index in [1.54, 1.807) is 19.2 Å². The van der Waals surface area contributed by atoms with Gasteiger partial charge in [-0.3, -0.25) is 9.69 Å². The maximum Gasteiger partial charge on any atom is 0.317 e. The van der Waals surface area contributed by atoms with Gasteiger partial charge in [0.15, 0.2) is 0 Å². The summed E-state index contributed by atoms with van der Waals surface area (Å²) in [7, 11) is 1.62. The molecule has 0 aliphatic carbocycles. The van der Waals surface area contributed by atoms with Crippen molar-refractivity contribution in [3.63, 3.8) is 0 Å². The average Bonchev–Trinajstić information content (AvgIpc) is 3.25. The van der Waals surface area contributed by atoms with E-state index >= 15 is 0 Å². The molecule has 0 unspecified atom stereocenters. The highest BCUT2D eigenvalue weighted by Gasteiger charge is 2.15. The molecule has 0 saturated carbocycles. The van der Waals surface area contributed by atoms with Gasteiger partial charge in [0.1, 0.15) is 5.82 Å². The molecule has 0 atom stereocenters. The van der Waals surface area contributed by atoms with Crippen LogP contribution in [-0.4, -0.2) is 39.7 Å². The fourth-order valence-electron chi connectivity index (χ4n) is 3.82. The molecule has 168 valence electrons. The third-order valence-corrected chi connectivity index (χ3v) is 5.49. The smallest absolute Gasteiger partial charge is 0.317 e. The molecule has 3 aromatic carbocycles. The number of halogens is 1. The molecule has 0 fully saturated rings. The molecule has 1 heterocycles. The summed E-state index contributed by atoms with van der Waals surface area (Å²) in [6, 6.07) is 18.9. The fourth-order valence-corrected chi connectivity index (χ4v) is 3.82. The Morgan fingerprint density at radius 2 is 1.73 bits per heavy atom. The average molecular weight is 445 g/mol. The van der Waals surface area contributed by atoms with Crippen molar-refractivity contribution < 1.29 is 18.8 Å². The van der Waals surface area contributed by atoms with E-state index < -0.39 is 11.8 Å². The number of aryl methyl sites for hydroxylation is 2. The zero-order valence-corrected chi connectivity index (χ0v) is 18.7. The Bertz CT molecular complexity index is 1320. The molecule has 33 heavy (non-hydrogen) atoms. The first-order chi connectivity index (χ1) is 15.8. The van der Waals surface area contributed by atoms with Gasteiger partial charge < -0.3 is 9.63 Å². The minimum absolute atomic E-state index is 0.169. The van der Waals surface area contributed by atoms with E-state index in [1.807, 2.05) is 37.3 Å². The normalized spacial score (nSPS) is 11.2. The monoisotopic (exact) mass is 445 g/mol. The topological polar surface area (TPSA) is 79.5 Å². The van der Waals surface area contributed by atoms with Crippen molar-refractivity contribution in [3.8, 4) is 34.0 Å². The van der Waals surface area contributed by atoms with Crippen LogP contribution in [0.25, 0.3) is 34.0 Å². The second kappa shape index (κ2) is 9.34.